The lowest BCUT2D eigenvalue weighted by Gasteiger charge is -2.27. The summed E-state index contributed by atoms with van der Waals surface area (Å²) in [6.45, 7) is 4.07. The maximum Gasteiger partial charge on any atom is 0.340 e. The van der Waals surface area contributed by atoms with Crippen LogP contribution in [0.2, 0.25) is 0 Å². The largest absolute Gasteiger partial charge is 0.462 e. The first-order valence-corrected chi connectivity index (χ1v) is 6.65. The van der Waals surface area contributed by atoms with Gasteiger partial charge in [0.05, 0.1) is 24.1 Å². The predicted molar refractivity (Wildman–Crippen MR) is 73.7 cm³/mol. The van der Waals surface area contributed by atoms with Crippen molar-refractivity contribution in [1.29, 1.82) is 0 Å². The number of ether oxygens (including phenoxy) is 1. The van der Waals surface area contributed by atoms with Gasteiger partial charge in [0.1, 0.15) is 5.82 Å². The fraction of sp³-hybridized carbons (Fsp3) is 0.538. The van der Waals surface area contributed by atoms with Crippen molar-refractivity contribution in [1.82, 2.24) is 9.99 Å². The molecular weight excluding hydrogens is 244 g/mol. The molecule has 6 heteroatoms. The fourth-order valence-electron chi connectivity index (χ4n) is 2.08. The second kappa shape index (κ2) is 6.38. The molecule has 0 aromatic carbocycles. The van der Waals surface area contributed by atoms with Crippen molar-refractivity contribution in [2.24, 2.45) is 0 Å². The molecule has 104 valence electrons. The molecule has 0 saturated carbocycles. The van der Waals surface area contributed by atoms with Gasteiger partial charge in [0, 0.05) is 13.1 Å². The van der Waals surface area contributed by atoms with Crippen LogP contribution in [0.1, 0.15) is 36.5 Å². The lowest BCUT2D eigenvalue weighted by atomic mass is 10.2. The van der Waals surface area contributed by atoms with Crippen molar-refractivity contribution in [3.63, 3.8) is 0 Å². The van der Waals surface area contributed by atoms with Crippen LogP contribution < -0.4 is 11.2 Å². The molecule has 0 radical (unpaired) electrons. The molecule has 19 heavy (non-hydrogen) atoms. The van der Waals surface area contributed by atoms with E-state index in [4.69, 9.17) is 10.5 Å². The summed E-state index contributed by atoms with van der Waals surface area (Å²) in [5, 5.41) is 2.11. The predicted octanol–water partition coefficient (Wildman–Crippen LogP) is 1.65. The summed E-state index contributed by atoms with van der Waals surface area (Å²) in [6.07, 6.45) is 5.10. The average Bonchev–Trinajstić information content (AvgIpc) is 2.42. The lowest BCUT2D eigenvalue weighted by Crippen LogP contribution is -2.35. The standard InChI is InChI=1S/C13H20N4O2/c1-2-19-13(18)10-8-12(15-9-11(10)14)16-17-6-4-3-5-7-17/h8-9H,2-7,14H2,1H3,(H,15,16). The molecule has 1 aliphatic heterocycles. The van der Waals surface area contributed by atoms with Crippen LogP contribution in [0.25, 0.3) is 0 Å². The number of rotatable bonds is 4. The second-order valence-corrected chi connectivity index (χ2v) is 4.54. The van der Waals surface area contributed by atoms with Gasteiger partial charge in [-0.15, -0.1) is 0 Å². The molecule has 2 rings (SSSR count). The van der Waals surface area contributed by atoms with Crippen LogP contribution in [-0.2, 0) is 4.74 Å². The van der Waals surface area contributed by atoms with Crippen molar-refractivity contribution in [2.75, 3.05) is 30.9 Å². The summed E-state index contributed by atoms with van der Waals surface area (Å²) in [5.74, 6) is 0.211. The number of nitrogens with one attached hydrogen (secondary N) is 1. The number of nitrogens with zero attached hydrogens (tertiary/aromatic N) is 2. The maximum absolute atomic E-state index is 11.7. The van der Waals surface area contributed by atoms with Crippen LogP contribution >= 0.6 is 0 Å². The quantitative estimate of drug-likeness (QED) is 0.805. The number of hydrazine groups is 1. The molecule has 0 aliphatic carbocycles. The Kier molecular flexibility index (Phi) is 4.57. The molecule has 1 aromatic rings. The summed E-state index contributed by atoms with van der Waals surface area (Å²) in [6, 6.07) is 1.64. The van der Waals surface area contributed by atoms with Crippen molar-refractivity contribution in [2.45, 2.75) is 26.2 Å². The van der Waals surface area contributed by atoms with Gasteiger partial charge in [-0.25, -0.2) is 14.8 Å². The van der Waals surface area contributed by atoms with Crippen molar-refractivity contribution in [3.8, 4) is 0 Å². The highest BCUT2D eigenvalue weighted by Crippen LogP contribution is 2.17. The molecule has 0 spiro atoms. The van der Waals surface area contributed by atoms with Crippen LogP contribution in [0.3, 0.4) is 0 Å². The molecule has 0 unspecified atom stereocenters. The molecule has 3 N–H and O–H groups in total. The number of hydrogen-bond acceptors (Lipinski definition) is 6. The van der Waals surface area contributed by atoms with Crippen LogP contribution in [0.5, 0.6) is 0 Å². The van der Waals surface area contributed by atoms with Crippen molar-refractivity contribution < 1.29 is 9.53 Å². The smallest absolute Gasteiger partial charge is 0.340 e. The van der Waals surface area contributed by atoms with Crippen LogP contribution in [-0.4, -0.2) is 35.7 Å². The Balaban J connectivity index is 2.08. The minimum atomic E-state index is -0.413. The van der Waals surface area contributed by atoms with E-state index in [1.165, 1.54) is 25.5 Å². The second-order valence-electron chi connectivity index (χ2n) is 4.54. The SMILES string of the molecule is CCOC(=O)c1cc(NN2CCCCC2)ncc1N. The highest BCUT2D eigenvalue weighted by Gasteiger charge is 2.15. The number of piperidine rings is 1. The summed E-state index contributed by atoms with van der Waals surface area (Å²) in [7, 11) is 0. The molecule has 1 aromatic heterocycles. The number of esters is 1. The monoisotopic (exact) mass is 264 g/mol. The van der Waals surface area contributed by atoms with E-state index >= 15 is 0 Å². The highest BCUT2D eigenvalue weighted by molar-refractivity contribution is 5.95. The van der Waals surface area contributed by atoms with Gasteiger partial charge in [-0.3, -0.25) is 0 Å². The van der Waals surface area contributed by atoms with Gasteiger partial charge in [-0.05, 0) is 25.8 Å². The zero-order valence-corrected chi connectivity index (χ0v) is 11.2. The van der Waals surface area contributed by atoms with Crippen LogP contribution in [0, 0.1) is 0 Å². The van der Waals surface area contributed by atoms with Crippen LogP contribution in [0.15, 0.2) is 12.3 Å². The average molecular weight is 264 g/mol. The zero-order valence-electron chi connectivity index (χ0n) is 11.2. The molecule has 1 aliphatic rings. The van der Waals surface area contributed by atoms with Gasteiger partial charge in [0.25, 0.3) is 0 Å². The van der Waals surface area contributed by atoms with Crippen molar-refractivity contribution >= 4 is 17.5 Å². The molecule has 0 amide bonds. The molecule has 6 nitrogen and oxygen atoms in total. The van der Waals surface area contributed by atoms with E-state index in [2.05, 4.69) is 15.4 Å². The summed E-state index contributed by atoms with van der Waals surface area (Å²) < 4.78 is 4.97. The maximum atomic E-state index is 11.7. The molecule has 0 atom stereocenters. The third-order valence-electron chi connectivity index (χ3n) is 3.06. The third-order valence-corrected chi connectivity index (χ3v) is 3.06. The van der Waals surface area contributed by atoms with E-state index < -0.39 is 5.97 Å². The Hall–Kier alpha value is -1.82. The minimum absolute atomic E-state index is 0.329. The van der Waals surface area contributed by atoms with Gasteiger partial charge in [-0.2, -0.15) is 0 Å². The van der Waals surface area contributed by atoms with E-state index in [-0.39, 0.29) is 0 Å². The summed E-state index contributed by atoms with van der Waals surface area (Å²) >= 11 is 0. The molecular formula is C13H20N4O2. The third kappa shape index (κ3) is 3.57. The van der Waals surface area contributed by atoms with Crippen molar-refractivity contribution in [3.05, 3.63) is 17.8 Å². The fourth-order valence-corrected chi connectivity index (χ4v) is 2.08. The van der Waals surface area contributed by atoms with E-state index in [0.29, 0.717) is 23.7 Å². The topological polar surface area (TPSA) is 80.5 Å². The first kappa shape index (κ1) is 13.6. The van der Waals surface area contributed by atoms with E-state index in [1.807, 2.05) is 0 Å². The van der Waals surface area contributed by atoms with E-state index in [0.717, 1.165) is 13.1 Å². The number of nitrogens with two attached hydrogens (primary N) is 1. The van der Waals surface area contributed by atoms with Gasteiger partial charge in [-0.1, -0.05) is 6.42 Å². The van der Waals surface area contributed by atoms with E-state index in [1.54, 1.807) is 13.0 Å². The Morgan fingerprint density at radius 3 is 2.89 bits per heavy atom. The Labute approximate surface area is 112 Å². The first-order valence-electron chi connectivity index (χ1n) is 6.65. The molecule has 2 heterocycles. The Bertz CT molecular complexity index is 444. The Morgan fingerprint density at radius 2 is 2.21 bits per heavy atom. The number of anilines is 2. The number of nitrogen functional groups attached to an aromatic ring is 1. The number of carbonyl (C=O) groups is 1. The number of carbonyl (C=O) groups excluding carboxylic acids is 1. The Morgan fingerprint density at radius 1 is 1.47 bits per heavy atom. The lowest BCUT2D eigenvalue weighted by molar-refractivity contribution is 0.0527. The number of hydrogen-bond donors (Lipinski definition) is 2. The number of aromatic nitrogens is 1. The van der Waals surface area contributed by atoms with Gasteiger partial charge < -0.3 is 15.9 Å². The molecule has 0 bridgehead atoms. The first-order chi connectivity index (χ1) is 9.20. The zero-order chi connectivity index (χ0) is 13.7. The molecule has 1 saturated heterocycles. The van der Waals surface area contributed by atoms with E-state index in [9.17, 15) is 4.79 Å². The van der Waals surface area contributed by atoms with Gasteiger partial charge in [0.15, 0.2) is 0 Å². The number of pyridine rings is 1. The minimum Gasteiger partial charge on any atom is -0.462 e. The van der Waals surface area contributed by atoms with Gasteiger partial charge in [0.2, 0.25) is 0 Å². The normalized spacial score (nSPS) is 16.1. The summed E-state index contributed by atoms with van der Waals surface area (Å²) in [4.78, 5) is 15.9. The highest BCUT2D eigenvalue weighted by atomic mass is 16.5. The molecule has 1 fully saturated rings. The van der Waals surface area contributed by atoms with Crippen LogP contribution in [0.4, 0.5) is 11.5 Å². The van der Waals surface area contributed by atoms with Gasteiger partial charge >= 0.3 is 5.97 Å². The summed E-state index contributed by atoms with van der Waals surface area (Å²) in [5.41, 5.74) is 9.65.